The summed E-state index contributed by atoms with van der Waals surface area (Å²) in [6.45, 7) is 4.67. The predicted molar refractivity (Wildman–Crippen MR) is 76.4 cm³/mol. The van der Waals surface area contributed by atoms with E-state index >= 15 is 0 Å². The molecule has 1 fully saturated rings. The van der Waals surface area contributed by atoms with Gasteiger partial charge in [0.05, 0.1) is 0 Å². The number of carbonyl (C=O) groups is 1. The molecule has 2 heterocycles. The monoisotopic (exact) mass is 315 g/mol. The Morgan fingerprint density at radius 1 is 1.48 bits per heavy atom. The third kappa shape index (κ3) is 3.11. The largest absolute Gasteiger partial charge is 0.480 e. The summed E-state index contributed by atoms with van der Waals surface area (Å²) in [5.74, 6) is -0.470. The summed E-state index contributed by atoms with van der Waals surface area (Å²) in [5, 5.41) is 9.18. The van der Waals surface area contributed by atoms with Crippen LogP contribution in [-0.4, -0.2) is 45.9 Å². The Morgan fingerprint density at radius 2 is 2.19 bits per heavy atom. The van der Waals surface area contributed by atoms with E-state index in [0.717, 1.165) is 17.1 Å². The van der Waals surface area contributed by atoms with Crippen LogP contribution in [0.15, 0.2) is 11.2 Å². The zero-order valence-corrected chi connectivity index (χ0v) is 13.1. The lowest BCUT2D eigenvalue weighted by Gasteiger charge is -2.31. The van der Waals surface area contributed by atoms with Gasteiger partial charge >= 0.3 is 5.97 Å². The number of hydrogen-bond acceptors (Lipinski definition) is 4. The Bertz CT molecular complexity index is 623. The Hall–Kier alpha value is -1.41. The van der Waals surface area contributed by atoms with Gasteiger partial charge in [0.2, 0.25) is 0 Å². The molecule has 1 saturated heterocycles. The van der Waals surface area contributed by atoms with Crippen molar-refractivity contribution >= 4 is 16.0 Å². The van der Waals surface area contributed by atoms with Crippen molar-refractivity contribution in [2.45, 2.75) is 57.1 Å². The number of piperidine rings is 1. The van der Waals surface area contributed by atoms with Crippen molar-refractivity contribution in [3.8, 4) is 0 Å². The fraction of sp³-hybridized carbons (Fsp3) is 0.692. The van der Waals surface area contributed by atoms with Gasteiger partial charge in [-0.05, 0) is 32.6 Å². The van der Waals surface area contributed by atoms with E-state index in [1.54, 1.807) is 11.5 Å². The first-order valence-electron chi connectivity index (χ1n) is 7.16. The molecule has 1 aliphatic heterocycles. The summed E-state index contributed by atoms with van der Waals surface area (Å²) >= 11 is 0. The molecular formula is C13H21N3O4S. The highest BCUT2D eigenvalue weighted by atomic mass is 32.2. The molecule has 0 bridgehead atoms. The van der Waals surface area contributed by atoms with Crippen LogP contribution >= 0.6 is 0 Å². The van der Waals surface area contributed by atoms with Gasteiger partial charge in [-0.25, -0.2) is 13.4 Å². The third-order valence-electron chi connectivity index (χ3n) is 3.73. The van der Waals surface area contributed by atoms with Gasteiger partial charge in [0.15, 0.2) is 5.03 Å². The average molecular weight is 315 g/mol. The van der Waals surface area contributed by atoms with Gasteiger partial charge in [0, 0.05) is 19.3 Å². The van der Waals surface area contributed by atoms with Crippen molar-refractivity contribution < 1.29 is 18.3 Å². The molecule has 0 aliphatic carbocycles. The van der Waals surface area contributed by atoms with E-state index in [4.69, 9.17) is 0 Å². The lowest BCUT2D eigenvalue weighted by Crippen LogP contribution is -2.47. The molecule has 0 spiro atoms. The van der Waals surface area contributed by atoms with Crippen LogP contribution < -0.4 is 0 Å². The lowest BCUT2D eigenvalue weighted by molar-refractivity contribution is -0.142. The number of rotatable bonds is 5. The number of carboxylic acid groups (broad SMARTS) is 1. The second-order valence-electron chi connectivity index (χ2n) is 5.29. The van der Waals surface area contributed by atoms with Crippen LogP contribution in [0.1, 0.15) is 38.4 Å². The van der Waals surface area contributed by atoms with Gasteiger partial charge in [-0.3, -0.25) is 4.79 Å². The summed E-state index contributed by atoms with van der Waals surface area (Å²) in [6, 6.07) is -0.986. The average Bonchev–Trinajstić information content (AvgIpc) is 2.81. The maximum Gasteiger partial charge on any atom is 0.322 e. The fourth-order valence-corrected chi connectivity index (χ4v) is 4.28. The molecule has 21 heavy (non-hydrogen) atoms. The SMILES string of the molecule is CCCn1cc(S(=O)(=O)N2CCCCC2C(=O)O)nc1C. The molecule has 1 atom stereocenters. The quantitative estimate of drug-likeness (QED) is 0.882. The first-order chi connectivity index (χ1) is 9.87. The van der Waals surface area contributed by atoms with Gasteiger partial charge in [-0.1, -0.05) is 6.92 Å². The zero-order valence-electron chi connectivity index (χ0n) is 12.3. The lowest BCUT2D eigenvalue weighted by atomic mass is 10.1. The van der Waals surface area contributed by atoms with E-state index in [-0.39, 0.29) is 11.6 Å². The molecule has 1 aromatic heterocycles. The first-order valence-corrected chi connectivity index (χ1v) is 8.60. The van der Waals surface area contributed by atoms with E-state index in [1.807, 2.05) is 6.92 Å². The third-order valence-corrected chi connectivity index (χ3v) is 5.51. The van der Waals surface area contributed by atoms with Crippen molar-refractivity contribution in [1.82, 2.24) is 13.9 Å². The number of nitrogens with zero attached hydrogens (tertiary/aromatic N) is 3. The van der Waals surface area contributed by atoms with Gasteiger partial charge in [0.25, 0.3) is 10.0 Å². The van der Waals surface area contributed by atoms with Crippen LogP contribution in [-0.2, 0) is 21.4 Å². The summed E-state index contributed by atoms with van der Waals surface area (Å²) in [7, 11) is -3.86. The van der Waals surface area contributed by atoms with Gasteiger partial charge in [-0.2, -0.15) is 4.31 Å². The molecule has 0 aromatic carbocycles. The van der Waals surface area contributed by atoms with Crippen LogP contribution in [0.25, 0.3) is 0 Å². The Morgan fingerprint density at radius 3 is 2.81 bits per heavy atom. The van der Waals surface area contributed by atoms with E-state index in [2.05, 4.69) is 4.98 Å². The number of hydrogen-bond donors (Lipinski definition) is 1. The molecular weight excluding hydrogens is 294 g/mol. The zero-order chi connectivity index (χ0) is 15.6. The van der Waals surface area contributed by atoms with Crippen molar-refractivity contribution in [3.63, 3.8) is 0 Å². The second-order valence-corrected chi connectivity index (χ2v) is 7.12. The Kier molecular flexibility index (Phi) is 4.67. The van der Waals surface area contributed by atoms with Crippen molar-refractivity contribution in [1.29, 1.82) is 0 Å². The van der Waals surface area contributed by atoms with Crippen molar-refractivity contribution in [2.24, 2.45) is 0 Å². The van der Waals surface area contributed by atoms with Gasteiger partial charge in [0.1, 0.15) is 11.9 Å². The van der Waals surface area contributed by atoms with E-state index < -0.39 is 22.0 Å². The van der Waals surface area contributed by atoms with E-state index in [1.165, 1.54) is 6.20 Å². The van der Waals surface area contributed by atoms with Crippen LogP contribution in [0.2, 0.25) is 0 Å². The van der Waals surface area contributed by atoms with E-state index in [9.17, 15) is 18.3 Å². The highest BCUT2D eigenvalue weighted by Gasteiger charge is 2.38. The van der Waals surface area contributed by atoms with Gasteiger partial charge < -0.3 is 9.67 Å². The molecule has 1 aromatic rings. The second kappa shape index (κ2) is 6.15. The molecule has 1 unspecified atom stereocenters. The number of aromatic nitrogens is 2. The standard InChI is InChI=1S/C13H21N3O4S/c1-3-7-15-9-12(14-10(15)2)21(19,20)16-8-5-4-6-11(16)13(17)18/h9,11H,3-8H2,1-2H3,(H,17,18). The molecule has 8 heteroatoms. The fourth-order valence-electron chi connectivity index (χ4n) is 2.63. The van der Waals surface area contributed by atoms with Crippen molar-refractivity contribution in [2.75, 3.05) is 6.54 Å². The number of aryl methyl sites for hydroxylation is 2. The minimum absolute atomic E-state index is 0.0541. The number of imidazole rings is 1. The van der Waals surface area contributed by atoms with Crippen LogP contribution in [0.5, 0.6) is 0 Å². The minimum Gasteiger partial charge on any atom is -0.480 e. The topological polar surface area (TPSA) is 92.5 Å². The number of carboxylic acids is 1. The number of aliphatic carboxylic acids is 1. The summed E-state index contributed by atoms with van der Waals surface area (Å²) in [4.78, 5) is 15.4. The highest BCUT2D eigenvalue weighted by molar-refractivity contribution is 7.89. The summed E-state index contributed by atoms with van der Waals surface area (Å²) in [6.07, 6.45) is 4.13. The summed E-state index contributed by atoms with van der Waals surface area (Å²) < 4.78 is 28.2. The minimum atomic E-state index is -3.86. The smallest absolute Gasteiger partial charge is 0.322 e. The van der Waals surface area contributed by atoms with E-state index in [0.29, 0.717) is 25.2 Å². The molecule has 0 radical (unpaired) electrons. The first kappa shape index (κ1) is 16.0. The molecule has 0 saturated carbocycles. The molecule has 1 aliphatic rings. The molecule has 7 nitrogen and oxygen atoms in total. The van der Waals surface area contributed by atoms with Gasteiger partial charge in [-0.15, -0.1) is 0 Å². The van der Waals surface area contributed by atoms with Crippen molar-refractivity contribution in [3.05, 3.63) is 12.0 Å². The predicted octanol–water partition coefficient (Wildman–Crippen LogP) is 1.23. The molecule has 118 valence electrons. The Labute approximate surface area is 124 Å². The Balaban J connectivity index is 2.36. The maximum absolute atomic E-state index is 12.7. The van der Waals surface area contributed by atoms with Crippen LogP contribution in [0.4, 0.5) is 0 Å². The molecule has 0 amide bonds. The molecule has 2 rings (SSSR count). The van der Waals surface area contributed by atoms with Crippen LogP contribution in [0.3, 0.4) is 0 Å². The number of sulfonamides is 1. The maximum atomic E-state index is 12.7. The van der Waals surface area contributed by atoms with Crippen LogP contribution in [0, 0.1) is 6.92 Å². The normalized spacial score (nSPS) is 20.6. The highest BCUT2D eigenvalue weighted by Crippen LogP contribution is 2.25. The molecule has 1 N–H and O–H groups in total. The summed E-state index contributed by atoms with van der Waals surface area (Å²) in [5.41, 5.74) is 0.